The molecule has 0 amide bonds. The maximum absolute atomic E-state index is 9.04. The van der Waals surface area contributed by atoms with Crippen molar-refractivity contribution in [1.82, 2.24) is 25.2 Å². The molecule has 22 heavy (non-hydrogen) atoms. The molecule has 7 heteroatoms. The number of fused-ring (bicyclic) bond motifs is 1. The lowest BCUT2D eigenvalue weighted by Gasteiger charge is -1.99. The van der Waals surface area contributed by atoms with Crippen molar-refractivity contribution in [3.8, 4) is 27.1 Å². The van der Waals surface area contributed by atoms with Gasteiger partial charge >= 0.3 is 0 Å². The molecule has 0 saturated heterocycles. The Morgan fingerprint density at radius 3 is 2.91 bits per heavy atom. The highest BCUT2D eigenvalue weighted by molar-refractivity contribution is 7.18. The van der Waals surface area contributed by atoms with Crippen molar-refractivity contribution in [3.63, 3.8) is 0 Å². The summed E-state index contributed by atoms with van der Waals surface area (Å²) >= 11 is 1.59. The lowest BCUT2D eigenvalue weighted by Crippen LogP contribution is -1.88. The highest BCUT2D eigenvalue weighted by atomic mass is 32.1. The summed E-state index contributed by atoms with van der Waals surface area (Å²) < 4.78 is 1.86. The van der Waals surface area contributed by atoms with Crippen molar-refractivity contribution >= 4 is 22.2 Å². The van der Waals surface area contributed by atoms with Crippen molar-refractivity contribution in [3.05, 3.63) is 42.2 Å². The van der Waals surface area contributed by atoms with E-state index in [0.29, 0.717) is 11.4 Å². The number of nitrogens with zero attached hydrogens (tertiary/aromatic N) is 5. The molecule has 0 saturated carbocycles. The second-order valence-electron chi connectivity index (χ2n) is 4.84. The van der Waals surface area contributed by atoms with E-state index in [1.165, 1.54) is 0 Å². The van der Waals surface area contributed by atoms with E-state index < -0.39 is 0 Å². The maximum atomic E-state index is 9.04. The Morgan fingerprint density at radius 2 is 2.05 bits per heavy atom. The fourth-order valence-electron chi connectivity index (χ4n) is 2.40. The van der Waals surface area contributed by atoms with Gasteiger partial charge in [0.1, 0.15) is 11.8 Å². The number of H-pyrrole nitrogens is 1. The molecule has 0 aliphatic rings. The molecular formula is C15H10N6S. The number of nitriles is 1. The number of hydrogen-bond acceptors (Lipinski definition) is 5. The largest absolute Gasteiger partial charge is 0.268 e. The van der Waals surface area contributed by atoms with Crippen LogP contribution in [0.3, 0.4) is 0 Å². The third-order valence-electron chi connectivity index (χ3n) is 3.53. The lowest BCUT2D eigenvalue weighted by atomic mass is 10.1. The molecule has 0 aliphatic carbocycles. The highest BCUT2D eigenvalue weighted by Crippen LogP contribution is 2.35. The first-order valence-corrected chi connectivity index (χ1v) is 7.41. The number of aromatic nitrogens is 5. The molecule has 0 radical (unpaired) electrons. The summed E-state index contributed by atoms with van der Waals surface area (Å²) in [7, 11) is 1.93. The van der Waals surface area contributed by atoms with Crippen molar-refractivity contribution in [2.45, 2.75) is 0 Å². The number of rotatable bonds is 2. The summed E-state index contributed by atoms with van der Waals surface area (Å²) in [5.41, 5.74) is 3.12. The molecule has 3 aromatic heterocycles. The van der Waals surface area contributed by atoms with Gasteiger partial charge < -0.3 is 0 Å². The average molecular weight is 306 g/mol. The molecule has 106 valence electrons. The van der Waals surface area contributed by atoms with Crippen LogP contribution in [-0.2, 0) is 7.05 Å². The van der Waals surface area contributed by atoms with Crippen LogP contribution in [0.15, 0.2) is 36.5 Å². The summed E-state index contributed by atoms with van der Waals surface area (Å²) in [5, 5.41) is 24.8. The van der Waals surface area contributed by atoms with Gasteiger partial charge in [-0.15, -0.1) is 16.4 Å². The number of benzene rings is 1. The summed E-state index contributed by atoms with van der Waals surface area (Å²) in [6.45, 7) is 0. The molecule has 0 fully saturated rings. The van der Waals surface area contributed by atoms with Gasteiger partial charge in [0.05, 0.1) is 16.6 Å². The molecule has 0 bridgehead atoms. The zero-order chi connectivity index (χ0) is 15.1. The van der Waals surface area contributed by atoms with Gasteiger partial charge in [0.25, 0.3) is 0 Å². The SMILES string of the molecule is Cn1ncc2ccc(-c3ccc(-c4n[nH]nc4C#N)s3)cc21. The van der Waals surface area contributed by atoms with Crippen molar-refractivity contribution in [2.24, 2.45) is 7.05 Å². The third kappa shape index (κ3) is 1.89. The minimum absolute atomic E-state index is 0.315. The fraction of sp³-hybridized carbons (Fsp3) is 0.0667. The van der Waals surface area contributed by atoms with E-state index in [1.54, 1.807) is 11.3 Å². The fourth-order valence-corrected chi connectivity index (χ4v) is 3.39. The zero-order valence-electron chi connectivity index (χ0n) is 11.6. The number of thiophene rings is 1. The van der Waals surface area contributed by atoms with Crippen LogP contribution in [0.4, 0.5) is 0 Å². The maximum Gasteiger partial charge on any atom is 0.191 e. The second-order valence-corrected chi connectivity index (χ2v) is 5.92. The molecule has 4 rings (SSSR count). The summed E-state index contributed by atoms with van der Waals surface area (Å²) in [4.78, 5) is 2.04. The molecule has 0 atom stereocenters. The van der Waals surface area contributed by atoms with Crippen LogP contribution < -0.4 is 0 Å². The quantitative estimate of drug-likeness (QED) is 0.617. The summed E-state index contributed by atoms with van der Waals surface area (Å²) in [5.74, 6) is 0. The zero-order valence-corrected chi connectivity index (χ0v) is 12.4. The van der Waals surface area contributed by atoms with E-state index in [4.69, 9.17) is 5.26 Å². The van der Waals surface area contributed by atoms with E-state index in [1.807, 2.05) is 36.1 Å². The molecule has 4 aromatic rings. The van der Waals surface area contributed by atoms with E-state index in [2.05, 4.69) is 38.7 Å². The van der Waals surface area contributed by atoms with Crippen LogP contribution in [0.25, 0.3) is 31.9 Å². The Bertz CT molecular complexity index is 1020. The van der Waals surface area contributed by atoms with Gasteiger partial charge in [-0.2, -0.15) is 20.7 Å². The Labute approximate surface area is 129 Å². The first-order valence-electron chi connectivity index (χ1n) is 6.59. The molecule has 0 spiro atoms. The van der Waals surface area contributed by atoms with Crippen LogP contribution >= 0.6 is 11.3 Å². The number of nitrogens with one attached hydrogen (secondary N) is 1. The normalized spacial score (nSPS) is 10.9. The molecule has 1 N–H and O–H groups in total. The van der Waals surface area contributed by atoms with Crippen LogP contribution in [-0.4, -0.2) is 25.2 Å². The Morgan fingerprint density at radius 1 is 1.18 bits per heavy atom. The van der Waals surface area contributed by atoms with E-state index >= 15 is 0 Å². The molecule has 6 nitrogen and oxygen atoms in total. The van der Waals surface area contributed by atoms with Crippen LogP contribution in [0.5, 0.6) is 0 Å². The van der Waals surface area contributed by atoms with Gasteiger partial charge in [-0.25, -0.2) is 0 Å². The minimum Gasteiger partial charge on any atom is -0.268 e. The average Bonchev–Trinajstić information content (AvgIpc) is 3.25. The monoisotopic (exact) mass is 306 g/mol. The molecule has 1 aromatic carbocycles. The van der Waals surface area contributed by atoms with Crippen molar-refractivity contribution in [1.29, 1.82) is 5.26 Å². The van der Waals surface area contributed by atoms with Crippen LogP contribution in [0.1, 0.15) is 5.69 Å². The van der Waals surface area contributed by atoms with Gasteiger partial charge in [0, 0.05) is 17.3 Å². The highest BCUT2D eigenvalue weighted by Gasteiger charge is 2.13. The Balaban J connectivity index is 1.80. The van der Waals surface area contributed by atoms with Gasteiger partial charge in [-0.05, 0) is 23.8 Å². The smallest absolute Gasteiger partial charge is 0.191 e. The third-order valence-corrected chi connectivity index (χ3v) is 4.67. The van der Waals surface area contributed by atoms with E-state index in [0.717, 1.165) is 26.2 Å². The second kappa shape index (κ2) is 4.79. The molecule has 3 heterocycles. The standard InChI is InChI=1S/C15H10N6S/c1-21-12-6-9(2-3-10(12)8-17-21)13-4-5-14(22-13)15-11(7-16)18-20-19-15/h2-6,8H,1H3,(H,18,19,20). The van der Waals surface area contributed by atoms with Gasteiger partial charge in [-0.1, -0.05) is 12.1 Å². The molecular weight excluding hydrogens is 296 g/mol. The predicted octanol–water partition coefficient (Wildman–Crippen LogP) is 2.96. The summed E-state index contributed by atoms with van der Waals surface area (Å²) in [6, 6.07) is 12.3. The predicted molar refractivity (Wildman–Crippen MR) is 84.1 cm³/mol. The van der Waals surface area contributed by atoms with Gasteiger partial charge in [0.2, 0.25) is 0 Å². The van der Waals surface area contributed by atoms with Gasteiger partial charge in [-0.3, -0.25) is 4.68 Å². The first kappa shape index (κ1) is 12.7. The molecule has 0 aliphatic heterocycles. The van der Waals surface area contributed by atoms with Gasteiger partial charge in [0.15, 0.2) is 5.69 Å². The Hall–Kier alpha value is -2.98. The number of hydrogen-bond donors (Lipinski definition) is 1. The topological polar surface area (TPSA) is 83.2 Å². The van der Waals surface area contributed by atoms with E-state index in [-0.39, 0.29) is 0 Å². The Kier molecular flexibility index (Phi) is 2.77. The van der Waals surface area contributed by atoms with E-state index in [9.17, 15) is 0 Å². The van der Waals surface area contributed by atoms with Crippen molar-refractivity contribution in [2.75, 3.05) is 0 Å². The number of aromatic amines is 1. The number of aryl methyl sites for hydroxylation is 1. The van der Waals surface area contributed by atoms with Crippen molar-refractivity contribution < 1.29 is 0 Å². The minimum atomic E-state index is 0.315. The first-order chi connectivity index (χ1) is 10.8. The summed E-state index contributed by atoms with van der Waals surface area (Å²) in [6.07, 6.45) is 1.85. The van der Waals surface area contributed by atoms with Crippen LogP contribution in [0, 0.1) is 11.3 Å². The molecule has 0 unspecified atom stereocenters. The lowest BCUT2D eigenvalue weighted by molar-refractivity contribution is 0.797. The van der Waals surface area contributed by atoms with Crippen LogP contribution in [0.2, 0.25) is 0 Å².